The summed E-state index contributed by atoms with van der Waals surface area (Å²) in [7, 11) is 0. The number of amides is 1. The van der Waals surface area contributed by atoms with E-state index in [1.165, 1.54) is 13.3 Å². The molecule has 0 aromatic carbocycles. The number of halogens is 3. The Balaban J connectivity index is 2.31. The first-order chi connectivity index (χ1) is 8.78. The zero-order valence-electron chi connectivity index (χ0n) is 11.5. The first-order valence-electron chi connectivity index (χ1n) is 6.91. The van der Waals surface area contributed by atoms with Gasteiger partial charge < -0.3 is 10.6 Å². The molecule has 3 nitrogen and oxygen atoms in total. The predicted molar refractivity (Wildman–Crippen MR) is 67.7 cm³/mol. The normalized spacial score (nSPS) is 20.9. The van der Waals surface area contributed by atoms with E-state index in [4.69, 9.17) is 0 Å². The van der Waals surface area contributed by atoms with E-state index in [0.717, 1.165) is 25.7 Å². The van der Waals surface area contributed by atoms with E-state index in [1.54, 1.807) is 6.92 Å². The molecule has 19 heavy (non-hydrogen) atoms. The number of rotatable bonds is 5. The standard InChI is InChI=1S/C13H23F3N2O/c1-9(8-13(14,15)16)17-10(2)12(19)18-11-6-4-3-5-7-11/h9-11,17H,3-8H2,1-2H3,(H,18,19). The van der Waals surface area contributed by atoms with Gasteiger partial charge in [0.2, 0.25) is 5.91 Å². The summed E-state index contributed by atoms with van der Waals surface area (Å²) in [6, 6.07) is -1.17. The van der Waals surface area contributed by atoms with Crippen LogP contribution in [0.15, 0.2) is 0 Å². The summed E-state index contributed by atoms with van der Waals surface area (Å²) in [5, 5.41) is 5.60. The van der Waals surface area contributed by atoms with E-state index in [-0.39, 0.29) is 11.9 Å². The van der Waals surface area contributed by atoms with Crippen LogP contribution in [-0.4, -0.2) is 30.2 Å². The highest BCUT2D eigenvalue weighted by molar-refractivity contribution is 5.81. The maximum atomic E-state index is 12.2. The van der Waals surface area contributed by atoms with Gasteiger partial charge in [0, 0.05) is 12.1 Å². The van der Waals surface area contributed by atoms with Crippen molar-refractivity contribution in [2.45, 2.75) is 76.7 Å². The van der Waals surface area contributed by atoms with Crippen molar-refractivity contribution in [1.29, 1.82) is 0 Å². The Kier molecular flexibility index (Phi) is 6.10. The summed E-state index contributed by atoms with van der Waals surface area (Å²) in [6.07, 6.45) is 0.227. The maximum absolute atomic E-state index is 12.2. The van der Waals surface area contributed by atoms with Crippen LogP contribution < -0.4 is 10.6 Å². The molecule has 0 radical (unpaired) electrons. The van der Waals surface area contributed by atoms with Crippen molar-refractivity contribution >= 4 is 5.91 Å². The number of nitrogens with one attached hydrogen (secondary N) is 2. The summed E-state index contributed by atoms with van der Waals surface area (Å²) in [5.74, 6) is -0.207. The van der Waals surface area contributed by atoms with Gasteiger partial charge in [0.15, 0.2) is 0 Å². The van der Waals surface area contributed by atoms with Gasteiger partial charge in [0.1, 0.15) is 0 Å². The molecule has 0 spiro atoms. The second kappa shape index (κ2) is 7.12. The number of carbonyl (C=O) groups is 1. The van der Waals surface area contributed by atoms with Crippen LogP contribution in [0.4, 0.5) is 13.2 Å². The Hall–Kier alpha value is -0.780. The third kappa shape index (κ3) is 6.80. The number of alkyl halides is 3. The van der Waals surface area contributed by atoms with Crippen LogP contribution in [0.5, 0.6) is 0 Å². The molecule has 0 aliphatic heterocycles. The van der Waals surface area contributed by atoms with Gasteiger partial charge >= 0.3 is 6.18 Å². The third-order valence-electron chi connectivity index (χ3n) is 3.42. The Morgan fingerprint density at radius 3 is 2.32 bits per heavy atom. The van der Waals surface area contributed by atoms with Crippen LogP contribution >= 0.6 is 0 Å². The SMILES string of the molecule is CC(CC(F)(F)F)NC(C)C(=O)NC1CCCCC1. The minimum absolute atomic E-state index is 0.184. The van der Waals surface area contributed by atoms with Gasteiger partial charge in [-0.25, -0.2) is 0 Å². The third-order valence-corrected chi connectivity index (χ3v) is 3.42. The fourth-order valence-corrected chi connectivity index (χ4v) is 2.48. The van der Waals surface area contributed by atoms with Crippen LogP contribution in [0.25, 0.3) is 0 Å². The van der Waals surface area contributed by atoms with E-state index < -0.39 is 24.7 Å². The number of hydrogen-bond acceptors (Lipinski definition) is 2. The molecule has 1 amide bonds. The number of carbonyl (C=O) groups excluding carboxylic acids is 1. The van der Waals surface area contributed by atoms with Crippen molar-refractivity contribution in [1.82, 2.24) is 10.6 Å². The van der Waals surface area contributed by atoms with Crippen molar-refractivity contribution < 1.29 is 18.0 Å². The average Bonchev–Trinajstić information content (AvgIpc) is 2.27. The Bertz CT molecular complexity index is 288. The fourth-order valence-electron chi connectivity index (χ4n) is 2.48. The van der Waals surface area contributed by atoms with Gasteiger partial charge in [0.05, 0.1) is 12.5 Å². The summed E-state index contributed by atoms with van der Waals surface area (Å²) in [6.45, 7) is 3.04. The molecule has 1 aliphatic carbocycles. The van der Waals surface area contributed by atoms with E-state index >= 15 is 0 Å². The topological polar surface area (TPSA) is 41.1 Å². The molecule has 2 N–H and O–H groups in total. The van der Waals surface area contributed by atoms with E-state index in [9.17, 15) is 18.0 Å². The summed E-state index contributed by atoms with van der Waals surface area (Å²) in [4.78, 5) is 11.9. The van der Waals surface area contributed by atoms with Crippen LogP contribution in [0, 0.1) is 0 Å². The molecule has 1 rings (SSSR count). The lowest BCUT2D eigenvalue weighted by atomic mass is 9.95. The molecule has 6 heteroatoms. The van der Waals surface area contributed by atoms with Gasteiger partial charge in [-0.05, 0) is 26.7 Å². The molecule has 0 aromatic heterocycles. The quantitative estimate of drug-likeness (QED) is 0.813. The molecule has 1 saturated carbocycles. The summed E-state index contributed by atoms with van der Waals surface area (Å²) >= 11 is 0. The maximum Gasteiger partial charge on any atom is 0.390 e. The first-order valence-corrected chi connectivity index (χ1v) is 6.91. The fraction of sp³-hybridized carbons (Fsp3) is 0.923. The van der Waals surface area contributed by atoms with Gasteiger partial charge in [-0.1, -0.05) is 19.3 Å². The summed E-state index contributed by atoms with van der Waals surface area (Å²) < 4.78 is 36.6. The highest BCUT2D eigenvalue weighted by Gasteiger charge is 2.31. The van der Waals surface area contributed by atoms with E-state index in [0.29, 0.717) is 0 Å². The second-order valence-electron chi connectivity index (χ2n) is 5.45. The van der Waals surface area contributed by atoms with Crippen molar-refractivity contribution in [3.05, 3.63) is 0 Å². The van der Waals surface area contributed by atoms with Crippen LogP contribution in [0.2, 0.25) is 0 Å². The smallest absolute Gasteiger partial charge is 0.352 e. The Labute approximate surface area is 112 Å². The minimum Gasteiger partial charge on any atom is -0.352 e. The molecule has 0 bridgehead atoms. The highest BCUT2D eigenvalue weighted by Crippen LogP contribution is 2.21. The first kappa shape index (κ1) is 16.3. The molecular weight excluding hydrogens is 257 g/mol. The Morgan fingerprint density at radius 1 is 1.21 bits per heavy atom. The van der Waals surface area contributed by atoms with Crippen molar-refractivity contribution in [3.63, 3.8) is 0 Å². The van der Waals surface area contributed by atoms with Gasteiger partial charge in [-0.2, -0.15) is 13.2 Å². The molecule has 2 unspecified atom stereocenters. The van der Waals surface area contributed by atoms with Crippen molar-refractivity contribution in [3.8, 4) is 0 Å². The van der Waals surface area contributed by atoms with Crippen LogP contribution in [0.1, 0.15) is 52.4 Å². The lowest BCUT2D eigenvalue weighted by Gasteiger charge is -2.26. The molecule has 1 aliphatic rings. The lowest BCUT2D eigenvalue weighted by molar-refractivity contribution is -0.140. The van der Waals surface area contributed by atoms with Gasteiger partial charge in [-0.3, -0.25) is 4.79 Å². The number of hydrogen-bond donors (Lipinski definition) is 2. The largest absolute Gasteiger partial charge is 0.390 e. The molecule has 0 aromatic rings. The molecule has 0 saturated heterocycles. The zero-order valence-corrected chi connectivity index (χ0v) is 11.5. The molecule has 0 heterocycles. The minimum atomic E-state index is -4.20. The molecule has 1 fully saturated rings. The lowest BCUT2D eigenvalue weighted by Crippen LogP contribution is -2.49. The van der Waals surface area contributed by atoms with Crippen molar-refractivity contribution in [2.75, 3.05) is 0 Å². The Morgan fingerprint density at radius 2 is 1.79 bits per heavy atom. The van der Waals surface area contributed by atoms with Gasteiger partial charge in [-0.15, -0.1) is 0 Å². The second-order valence-corrected chi connectivity index (χ2v) is 5.45. The molecule has 112 valence electrons. The molecular formula is C13H23F3N2O. The monoisotopic (exact) mass is 280 g/mol. The van der Waals surface area contributed by atoms with Crippen LogP contribution in [0.3, 0.4) is 0 Å². The van der Waals surface area contributed by atoms with E-state index in [1.807, 2.05) is 0 Å². The summed E-state index contributed by atoms with van der Waals surface area (Å²) in [5.41, 5.74) is 0. The average molecular weight is 280 g/mol. The molecule has 2 atom stereocenters. The predicted octanol–water partition coefficient (Wildman–Crippen LogP) is 2.75. The van der Waals surface area contributed by atoms with Crippen molar-refractivity contribution in [2.24, 2.45) is 0 Å². The van der Waals surface area contributed by atoms with Gasteiger partial charge in [0.25, 0.3) is 0 Å². The zero-order chi connectivity index (χ0) is 14.5. The van der Waals surface area contributed by atoms with E-state index in [2.05, 4.69) is 10.6 Å². The van der Waals surface area contributed by atoms with Crippen LogP contribution in [-0.2, 0) is 4.79 Å². The highest BCUT2D eigenvalue weighted by atomic mass is 19.4.